The van der Waals surface area contributed by atoms with Crippen molar-refractivity contribution in [1.29, 1.82) is 0 Å². The second-order valence-electron chi connectivity index (χ2n) is 4.59. The molecule has 5 nitrogen and oxygen atoms in total. The summed E-state index contributed by atoms with van der Waals surface area (Å²) >= 11 is 0. The van der Waals surface area contributed by atoms with Gasteiger partial charge in [0.1, 0.15) is 0 Å². The summed E-state index contributed by atoms with van der Waals surface area (Å²) in [5.41, 5.74) is 1.20. The Morgan fingerprint density at radius 1 is 1.37 bits per heavy atom. The SMILES string of the molecule is COCCNC(=O)c1cccc(NC(=O)C2CC2)c1. The minimum atomic E-state index is -0.167. The summed E-state index contributed by atoms with van der Waals surface area (Å²) in [7, 11) is 1.58. The van der Waals surface area contributed by atoms with Crippen LogP contribution in [-0.2, 0) is 9.53 Å². The smallest absolute Gasteiger partial charge is 0.251 e. The maximum Gasteiger partial charge on any atom is 0.251 e. The summed E-state index contributed by atoms with van der Waals surface area (Å²) < 4.78 is 4.87. The molecule has 0 atom stereocenters. The van der Waals surface area contributed by atoms with E-state index in [9.17, 15) is 9.59 Å². The molecule has 1 aliphatic carbocycles. The Morgan fingerprint density at radius 2 is 2.16 bits per heavy atom. The molecular weight excluding hydrogens is 244 g/mol. The maximum absolute atomic E-state index is 11.8. The van der Waals surface area contributed by atoms with Crippen molar-refractivity contribution in [2.24, 2.45) is 5.92 Å². The number of hydrogen-bond acceptors (Lipinski definition) is 3. The first kappa shape index (κ1) is 13.5. The minimum absolute atomic E-state index is 0.0388. The fraction of sp³-hybridized carbons (Fsp3) is 0.429. The Kier molecular flexibility index (Phi) is 4.52. The third-order valence-corrected chi connectivity index (χ3v) is 2.93. The van der Waals surface area contributed by atoms with E-state index in [2.05, 4.69) is 10.6 Å². The average molecular weight is 262 g/mol. The molecule has 1 aromatic rings. The Hall–Kier alpha value is -1.88. The highest BCUT2D eigenvalue weighted by atomic mass is 16.5. The van der Waals surface area contributed by atoms with Gasteiger partial charge in [0.25, 0.3) is 5.91 Å². The van der Waals surface area contributed by atoms with Crippen LogP contribution in [0, 0.1) is 5.92 Å². The van der Waals surface area contributed by atoms with Gasteiger partial charge in [-0.3, -0.25) is 9.59 Å². The van der Waals surface area contributed by atoms with Crippen LogP contribution in [0.3, 0.4) is 0 Å². The lowest BCUT2D eigenvalue weighted by atomic mass is 10.2. The number of rotatable bonds is 6. The van der Waals surface area contributed by atoms with Gasteiger partial charge < -0.3 is 15.4 Å². The van der Waals surface area contributed by atoms with Gasteiger partial charge in [-0.15, -0.1) is 0 Å². The van der Waals surface area contributed by atoms with Gasteiger partial charge in [0.2, 0.25) is 5.91 Å². The number of methoxy groups -OCH3 is 1. The fourth-order valence-corrected chi connectivity index (χ4v) is 1.70. The van der Waals surface area contributed by atoms with Crippen LogP contribution in [0.4, 0.5) is 5.69 Å². The van der Waals surface area contributed by atoms with Gasteiger partial charge in [-0.05, 0) is 31.0 Å². The van der Waals surface area contributed by atoms with E-state index >= 15 is 0 Å². The Bertz CT molecular complexity index is 470. The van der Waals surface area contributed by atoms with Crippen molar-refractivity contribution in [2.45, 2.75) is 12.8 Å². The molecular formula is C14H18N2O3. The van der Waals surface area contributed by atoms with Crippen LogP contribution in [0.25, 0.3) is 0 Å². The molecule has 2 rings (SSSR count). The molecule has 0 aliphatic heterocycles. The average Bonchev–Trinajstić information content (AvgIpc) is 3.23. The summed E-state index contributed by atoms with van der Waals surface area (Å²) in [5.74, 6) is 0.0238. The topological polar surface area (TPSA) is 67.4 Å². The molecule has 1 fully saturated rings. The van der Waals surface area contributed by atoms with E-state index < -0.39 is 0 Å². The Labute approximate surface area is 112 Å². The monoisotopic (exact) mass is 262 g/mol. The van der Waals surface area contributed by atoms with E-state index in [1.165, 1.54) is 0 Å². The molecule has 19 heavy (non-hydrogen) atoms. The van der Waals surface area contributed by atoms with Crippen molar-refractivity contribution in [3.63, 3.8) is 0 Å². The van der Waals surface area contributed by atoms with Crippen LogP contribution >= 0.6 is 0 Å². The van der Waals surface area contributed by atoms with Gasteiger partial charge in [-0.1, -0.05) is 6.07 Å². The maximum atomic E-state index is 11.8. The quantitative estimate of drug-likeness (QED) is 0.762. The largest absolute Gasteiger partial charge is 0.383 e. The molecule has 5 heteroatoms. The number of anilines is 1. The van der Waals surface area contributed by atoms with Crippen LogP contribution < -0.4 is 10.6 Å². The van der Waals surface area contributed by atoms with Gasteiger partial charge in [-0.2, -0.15) is 0 Å². The van der Waals surface area contributed by atoms with Crippen molar-refractivity contribution in [3.8, 4) is 0 Å². The van der Waals surface area contributed by atoms with Gasteiger partial charge in [0.05, 0.1) is 6.61 Å². The van der Waals surface area contributed by atoms with Crippen molar-refractivity contribution < 1.29 is 14.3 Å². The van der Waals surface area contributed by atoms with Crippen molar-refractivity contribution in [2.75, 3.05) is 25.6 Å². The van der Waals surface area contributed by atoms with Gasteiger partial charge in [0, 0.05) is 30.8 Å². The fourth-order valence-electron chi connectivity index (χ4n) is 1.70. The van der Waals surface area contributed by atoms with Crippen molar-refractivity contribution >= 4 is 17.5 Å². The Balaban J connectivity index is 1.93. The summed E-state index contributed by atoms with van der Waals surface area (Å²) in [6.07, 6.45) is 1.92. The minimum Gasteiger partial charge on any atom is -0.383 e. The van der Waals surface area contributed by atoms with E-state index in [0.29, 0.717) is 24.4 Å². The highest BCUT2D eigenvalue weighted by Gasteiger charge is 2.29. The number of nitrogens with one attached hydrogen (secondary N) is 2. The predicted octanol–water partition coefficient (Wildman–Crippen LogP) is 1.41. The molecule has 102 valence electrons. The summed E-state index contributed by atoms with van der Waals surface area (Å²) in [4.78, 5) is 23.5. The first-order chi connectivity index (χ1) is 9.20. The number of ether oxygens (including phenoxy) is 1. The highest BCUT2D eigenvalue weighted by molar-refractivity contribution is 5.98. The van der Waals surface area contributed by atoms with Crippen LogP contribution in [0.15, 0.2) is 24.3 Å². The molecule has 1 aliphatic rings. The lowest BCUT2D eigenvalue weighted by Gasteiger charge is -2.07. The zero-order valence-corrected chi connectivity index (χ0v) is 10.9. The predicted molar refractivity (Wildman–Crippen MR) is 72.0 cm³/mol. The molecule has 2 amide bonds. The lowest BCUT2D eigenvalue weighted by Crippen LogP contribution is -2.27. The van der Waals surface area contributed by atoms with Crippen LogP contribution in [0.2, 0.25) is 0 Å². The van der Waals surface area contributed by atoms with E-state index in [4.69, 9.17) is 4.74 Å². The summed E-state index contributed by atoms with van der Waals surface area (Å²) in [6, 6.07) is 6.94. The second kappa shape index (κ2) is 6.33. The summed E-state index contributed by atoms with van der Waals surface area (Å²) in [6.45, 7) is 0.942. The Morgan fingerprint density at radius 3 is 2.84 bits per heavy atom. The van der Waals surface area contributed by atoms with Gasteiger partial charge in [-0.25, -0.2) is 0 Å². The first-order valence-corrected chi connectivity index (χ1v) is 6.39. The van der Waals surface area contributed by atoms with Crippen molar-refractivity contribution in [1.82, 2.24) is 5.32 Å². The van der Waals surface area contributed by atoms with E-state index in [0.717, 1.165) is 12.8 Å². The number of carbonyl (C=O) groups is 2. The van der Waals surface area contributed by atoms with Gasteiger partial charge >= 0.3 is 0 Å². The van der Waals surface area contributed by atoms with Crippen LogP contribution in [0.5, 0.6) is 0 Å². The first-order valence-electron chi connectivity index (χ1n) is 6.39. The molecule has 0 aromatic heterocycles. The van der Waals surface area contributed by atoms with E-state index in [1.54, 1.807) is 31.4 Å². The molecule has 0 spiro atoms. The highest BCUT2D eigenvalue weighted by Crippen LogP contribution is 2.30. The molecule has 0 unspecified atom stereocenters. The number of benzene rings is 1. The third-order valence-electron chi connectivity index (χ3n) is 2.93. The van der Waals surface area contributed by atoms with Crippen molar-refractivity contribution in [3.05, 3.63) is 29.8 Å². The number of amides is 2. The third kappa shape index (κ3) is 4.06. The van der Waals surface area contributed by atoms with Crippen LogP contribution in [-0.4, -0.2) is 32.1 Å². The molecule has 1 aromatic carbocycles. The standard InChI is InChI=1S/C14H18N2O3/c1-19-8-7-15-13(17)11-3-2-4-12(9-11)16-14(18)10-5-6-10/h2-4,9-10H,5-8H2,1H3,(H,15,17)(H,16,18). The molecule has 0 bridgehead atoms. The number of carbonyl (C=O) groups excluding carboxylic acids is 2. The molecule has 2 N–H and O–H groups in total. The molecule has 0 saturated heterocycles. The second-order valence-corrected chi connectivity index (χ2v) is 4.59. The molecule has 0 heterocycles. The lowest BCUT2D eigenvalue weighted by molar-refractivity contribution is -0.117. The number of hydrogen-bond donors (Lipinski definition) is 2. The summed E-state index contributed by atoms with van der Waals surface area (Å²) in [5, 5.41) is 5.56. The van der Waals surface area contributed by atoms with E-state index in [-0.39, 0.29) is 17.7 Å². The van der Waals surface area contributed by atoms with Gasteiger partial charge in [0.15, 0.2) is 0 Å². The van der Waals surface area contributed by atoms with E-state index in [1.807, 2.05) is 0 Å². The molecule has 1 saturated carbocycles. The zero-order chi connectivity index (χ0) is 13.7. The zero-order valence-electron chi connectivity index (χ0n) is 10.9. The molecule has 0 radical (unpaired) electrons. The normalized spacial score (nSPS) is 13.9. The van der Waals surface area contributed by atoms with Crippen LogP contribution in [0.1, 0.15) is 23.2 Å².